The van der Waals surface area contributed by atoms with Crippen LogP contribution in [0.4, 0.5) is 10.2 Å². The van der Waals surface area contributed by atoms with Crippen LogP contribution in [0.1, 0.15) is 57.2 Å². The summed E-state index contributed by atoms with van der Waals surface area (Å²) >= 11 is 0. The molecule has 0 bridgehead atoms. The Bertz CT molecular complexity index is 1470. The Labute approximate surface area is 221 Å². The van der Waals surface area contributed by atoms with Crippen molar-refractivity contribution in [2.75, 3.05) is 5.73 Å². The van der Waals surface area contributed by atoms with Gasteiger partial charge in [0.25, 0.3) is 0 Å². The smallest absolute Gasteiger partial charge is 0.189 e. The summed E-state index contributed by atoms with van der Waals surface area (Å²) in [6.07, 6.45) is 9.29. The maximum atomic E-state index is 15.3. The predicted octanol–water partition coefficient (Wildman–Crippen LogP) is 5.81. The van der Waals surface area contributed by atoms with Crippen LogP contribution in [0.15, 0.2) is 53.3 Å². The number of nitrogens with one attached hydrogen (secondary N) is 1. The van der Waals surface area contributed by atoms with Crippen molar-refractivity contribution < 1.29 is 8.91 Å². The van der Waals surface area contributed by atoms with Crippen LogP contribution in [-0.2, 0) is 12.0 Å². The standard InChI is InChI=1S/C29H30FN7O/c1-29(2,17-31)27-25(30)21(12-13-33-27)23-16-35-28(32)26(36-23)24-14-22(37-38-24)19-10-8-18(9-11-19)15-34-20-6-4-3-5-7-20/h8-14,16,20,34H,3-7,15H2,1-2H3,(H2,32,35). The highest BCUT2D eigenvalue weighted by molar-refractivity contribution is 5.73. The lowest BCUT2D eigenvalue weighted by molar-refractivity contribution is 0.372. The Morgan fingerprint density at radius 1 is 1.11 bits per heavy atom. The van der Waals surface area contributed by atoms with Crippen LogP contribution in [0.2, 0.25) is 0 Å². The first-order valence-electron chi connectivity index (χ1n) is 12.8. The van der Waals surface area contributed by atoms with Crippen LogP contribution in [0, 0.1) is 17.1 Å². The highest BCUT2D eigenvalue weighted by atomic mass is 19.1. The summed E-state index contributed by atoms with van der Waals surface area (Å²) in [6.45, 7) is 4.06. The second-order valence-corrected chi connectivity index (χ2v) is 10.2. The SMILES string of the molecule is CC(C)(C#N)c1nccc(-c2cnc(N)c(-c3cc(-c4ccc(CNC5CCCCC5)cc4)no3)n2)c1F. The van der Waals surface area contributed by atoms with E-state index in [9.17, 15) is 5.26 Å². The van der Waals surface area contributed by atoms with Crippen molar-refractivity contribution in [1.82, 2.24) is 25.4 Å². The minimum absolute atomic E-state index is 0.0389. The van der Waals surface area contributed by atoms with E-state index >= 15 is 4.39 Å². The van der Waals surface area contributed by atoms with E-state index in [0.29, 0.717) is 17.5 Å². The summed E-state index contributed by atoms with van der Waals surface area (Å²) in [5.41, 5.74) is 8.45. The predicted molar refractivity (Wildman–Crippen MR) is 143 cm³/mol. The minimum Gasteiger partial charge on any atom is -0.382 e. The Balaban J connectivity index is 1.37. The molecule has 0 spiro atoms. The zero-order valence-electron chi connectivity index (χ0n) is 21.5. The zero-order valence-corrected chi connectivity index (χ0v) is 21.5. The lowest BCUT2D eigenvalue weighted by atomic mass is 9.89. The summed E-state index contributed by atoms with van der Waals surface area (Å²) < 4.78 is 20.9. The molecule has 1 fully saturated rings. The molecule has 0 amide bonds. The van der Waals surface area contributed by atoms with Gasteiger partial charge in [-0.15, -0.1) is 0 Å². The molecule has 194 valence electrons. The molecule has 0 unspecified atom stereocenters. The number of rotatable bonds is 7. The summed E-state index contributed by atoms with van der Waals surface area (Å²) in [6, 6.07) is 14.1. The largest absolute Gasteiger partial charge is 0.382 e. The Morgan fingerprint density at radius 3 is 2.61 bits per heavy atom. The van der Waals surface area contributed by atoms with Crippen LogP contribution in [-0.4, -0.2) is 26.2 Å². The normalized spacial score (nSPS) is 14.4. The van der Waals surface area contributed by atoms with Crippen LogP contribution < -0.4 is 11.1 Å². The van der Waals surface area contributed by atoms with E-state index in [1.165, 1.54) is 56.1 Å². The molecule has 4 aromatic rings. The van der Waals surface area contributed by atoms with Gasteiger partial charge in [-0.3, -0.25) is 4.98 Å². The molecule has 3 aromatic heterocycles. The topological polar surface area (TPSA) is 127 Å². The van der Waals surface area contributed by atoms with E-state index in [0.717, 1.165) is 12.1 Å². The van der Waals surface area contributed by atoms with E-state index < -0.39 is 11.2 Å². The van der Waals surface area contributed by atoms with Crippen molar-refractivity contribution in [3.05, 3.63) is 65.9 Å². The Kier molecular flexibility index (Phi) is 7.16. The molecule has 1 aromatic carbocycles. The molecule has 0 saturated heterocycles. The first-order valence-corrected chi connectivity index (χ1v) is 12.8. The quantitative estimate of drug-likeness (QED) is 0.318. The average molecular weight is 512 g/mol. The van der Waals surface area contributed by atoms with Crippen molar-refractivity contribution in [2.45, 2.75) is 64.0 Å². The maximum Gasteiger partial charge on any atom is 0.189 e. The summed E-state index contributed by atoms with van der Waals surface area (Å²) in [5, 5.41) is 17.3. The number of pyridine rings is 1. The number of aromatic nitrogens is 4. The molecule has 1 saturated carbocycles. The average Bonchev–Trinajstić information content (AvgIpc) is 3.43. The molecule has 5 rings (SSSR count). The summed E-state index contributed by atoms with van der Waals surface area (Å²) in [5.74, 6) is -0.171. The van der Waals surface area contributed by atoms with Crippen LogP contribution in [0.3, 0.4) is 0 Å². The van der Waals surface area contributed by atoms with E-state index in [1.807, 2.05) is 12.1 Å². The van der Waals surface area contributed by atoms with Gasteiger partial charge in [0.05, 0.1) is 29.1 Å². The molecule has 1 aliphatic carbocycles. The number of hydrogen-bond donors (Lipinski definition) is 2. The van der Waals surface area contributed by atoms with Gasteiger partial charge in [-0.2, -0.15) is 5.26 Å². The molecule has 0 radical (unpaired) electrons. The molecule has 8 nitrogen and oxygen atoms in total. The molecule has 3 N–H and O–H groups in total. The lowest BCUT2D eigenvalue weighted by Gasteiger charge is -2.22. The van der Waals surface area contributed by atoms with E-state index in [-0.39, 0.29) is 28.5 Å². The molecular weight excluding hydrogens is 481 g/mol. The number of nitrogens with two attached hydrogens (primary N) is 1. The second kappa shape index (κ2) is 10.7. The van der Waals surface area contributed by atoms with E-state index in [2.05, 4.69) is 43.6 Å². The van der Waals surface area contributed by atoms with Gasteiger partial charge in [0.15, 0.2) is 23.1 Å². The highest BCUT2D eigenvalue weighted by Crippen LogP contribution is 2.33. The van der Waals surface area contributed by atoms with Gasteiger partial charge in [-0.25, -0.2) is 14.4 Å². The van der Waals surface area contributed by atoms with Crippen molar-refractivity contribution in [1.29, 1.82) is 5.26 Å². The van der Waals surface area contributed by atoms with Gasteiger partial charge in [0.1, 0.15) is 5.69 Å². The van der Waals surface area contributed by atoms with E-state index in [4.69, 9.17) is 10.3 Å². The summed E-state index contributed by atoms with van der Waals surface area (Å²) in [4.78, 5) is 12.8. The van der Waals surface area contributed by atoms with Crippen LogP contribution in [0.5, 0.6) is 0 Å². The second-order valence-electron chi connectivity index (χ2n) is 10.2. The zero-order chi connectivity index (χ0) is 26.7. The van der Waals surface area contributed by atoms with Gasteiger partial charge >= 0.3 is 0 Å². The third-order valence-corrected chi connectivity index (χ3v) is 7.03. The maximum absolute atomic E-state index is 15.3. The first-order chi connectivity index (χ1) is 18.4. The first kappa shape index (κ1) is 25.5. The van der Waals surface area contributed by atoms with E-state index in [1.54, 1.807) is 19.9 Å². The van der Waals surface area contributed by atoms with Gasteiger partial charge in [-0.05, 0) is 38.3 Å². The van der Waals surface area contributed by atoms with Crippen LogP contribution >= 0.6 is 0 Å². The molecule has 38 heavy (non-hydrogen) atoms. The summed E-state index contributed by atoms with van der Waals surface area (Å²) in [7, 11) is 0. The fourth-order valence-corrected chi connectivity index (χ4v) is 4.72. The number of hydrogen-bond acceptors (Lipinski definition) is 8. The van der Waals surface area contributed by atoms with Gasteiger partial charge in [0.2, 0.25) is 0 Å². The number of halogens is 1. The fraction of sp³-hybridized carbons (Fsp3) is 0.345. The van der Waals surface area contributed by atoms with Gasteiger partial charge < -0.3 is 15.6 Å². The molecule has 0 aliphatic heterocycles. The molecule has 3 heterocycles. The van der Waals surface area contributed by atoms with Crippen molar-refractivity contribution >= 4 is 5.82 Å². The van der Waals surface area contributed by atoms with Crippen molar-refractivity contribution in [3.8, 4) is 40.0 Å². The fourth-order valence-electron chi connectivity index (χ4n) is 4.72. The number of nitrogens with zero attached hydrogens (tertiary/aromatic N) is 5. The minimum atomic E-state index is -1.11. The third-order valence-electron chi connectivity index (χ3n) is 7.03. The Morgan fingerprint density at radius 2 is 1.87 bits per heavy atom. The molecule has 9 heteroatoms. The van der Waals surface area contributed by atoms with Crippen LogP contribution in [0.25, 0.3) is 34.0 Å². The highest BCUT2D eigenvalue weighted by Gasteiger charge is 2.28. The van der Waals surface area contributed by atoms with Crippen molar-refractivity contribution in [2.24, 2.45) is 0 Å². The van der Waals surface area contributed by atoms with Crippen molar-refractivity contribution in [3.63, 3.8) is 0 Å². The third kappa shape index (κ3) is 5.27. The monoisotopic (exact) mass is 511 g/mol. The van der Waals surface area contributed by atoms with Gasteiger partial charge in [0, 0.05) is 36.0 Å². The number of benzene rings is 1. The molecule has 1 aliphatic rings. The number of nitriles is 1. The van der Waals surface area contributed by atoms with Gasteiger partial charge in [-0.1, -0.05) is 48.7 Å². The molecular formula is C29H30FN7O. The number of anilines is 1. The number of nitrogen functional groups attached to an aromatic ring is 1. The Hall–Kier alpha value is -4.16. The molecule has 0 atom stereocenters. The lowest BCUT2D eigenvalue weighted by Crippen LogP contribution is -2.30.